The molecule has 0 atom stereocenters. The number of ether oxygens (including phenoxy) is 1. The summed E-state index contributed by atoms with van der Waals surface area (Å²) in [6, 6.07) is 7.36. The molecule has 1 aromatic heterocycles. The molecule has 0 radical (unpaired) electrons. The van der Waals surface area contributed by atoms with E-state index in [1.807, 2.05) is 30.5 Å². The van der Waals surface area contributed by atoms with Gasteiger partial charge in [0.15, 0.2) is 5.78 Å². The fourth-order valence-corrected chi connectivity index (χ4v) is 2.52. The molecule has 104 valence electrons. The Morgan fingerprint density at radius 3 is 3.05 bits per heavy atom. The average Bonchev–Trinajstić information content (AvgIpc) is 2.94. The van der Waals surface area contributed by atoms with Crippen molar-refractivity contribution in [1.29, 1.82) is 0 Å². The number of ketones is 1. The lowest BCUT2D eigenvalue weighted by Gasteiger charge is -2.26. The van der Waals surface area contributed by atoms with Gasteiger partial charge in [-0.2, -0.15) is 0 Å². The first-order chi connectivity index (χ1) is 9.78. The van der Waals surface area contributed by atoms with Gasteiger partial charge in [0, 0.05) is 25.5 Å². The molecule has 2 heterocycles. The zero-order valence-corrected chi connectivity index (χ0v) is 11.5. The van der Waals surface area contributed by atoms with Gasteiger partial charge in [-0.1, -0.05) is 12.1 Å². The number of hydrogen-bond donors (Lipinski definition) is 0. The van der Waals surface area contributed by atoms with Crippen LogP contribution in [0.25, 0.3) is 0 Å². The third-order valence-electron chi connectivity index (χ3n) is 3.60. The van der Waals surface area contributed by atoms with Crippen molar-refractivity contribution < 1.29 is 9.53 Å². The minimum absolute atomic E-state index is 0.0856. The smallest absolute Gasteiger partial charge is 0.180 e. The number of methoxy groups -OCH3 is 1. The topological polar surface area (TPSA) is 47.4 Å². The van der Waals surface area contributed by atoms with Crippen LogP contribution in [0, 0.1) is 0 Å². The number of nitrogens with zero attached hydrogens (tertiary/aromatic N) is 3. The van der Waals surface area contributed by atoms with Crippen LogP contribution in [-0.2, 0) is 13.1 Å². The Hall–Kier alpha value is -2.14. The molecule has 5 heteroatoms. The monoisotopic (exact) mass is 271 g/mol. The van der Waals surface area contributed by atoms with Gasteiger partial charge in [0.05, 0.1) is 25.8 Å². The summed E-state index contributed by atoms with van der Waals surface area (Å²) in [4.78, 5) is 18.8. The Morgan fingerprint density at radius 1 is 1.35 bits per heavy atom. The van der Waals surface area contributed by atoms with Crippen molar-refractivity contribution in [2.45, 2.75) is 13.1 Å². The molecule has 0 amide bonds. The number of carbonyl (C=O) groups is 1. The van der Waals surface area contributed by atoms with Crippen molar-refractivity contribution in [2.24, 2.45) is 0 Å². The molecule has 0 unspecified atom stereocenters. The van der Waals surface area contributed by atoms with E-state index in [2.05, 4.69) is 14.5 Å². The SMILES string of the molecule is COc1ccccc1C(=O)CN1CCn2ccnc2C1. The summed E-state index contributed by atoms with van der Waals surface area (Å²) in [5, 5.41) is 0. The predicted octanol–water partition coefficient (Wildman–Crippen LogP) is 1.59. The minimum atomic E-state index is 0.0856. The molecular formula is C15H17N3O2. The highest BCUT2D eigenvalue weighted by atomic mass is 16.5. The second kappa shape index (κ2) is 5.46. The highest BCUT2D eigenvalue weighted by molar-refractivity contribution is 6.00. The largest absolute Gasteiger partial charge is 0.496 e. The summed E-state index contributed by atoms with van der Waals surface area (Å²) in [6.07, 6.45) is 3.79. The number of carbonyl (C=O) groups excluding carboxylic acids is 1. The van der Waals surface area contributed by atoms with Gasteiger partial charge < -0.3 is 9.30 Å². The van der Waals surface area contributed by atoms with Crippen LogP contribution in [0.2, 0.25) is 0 Å². The van der Waals surface area contributed by atoms with Crippen molar-refractivity contribution in [3.8, 4) is 5.75 Å². The predicted molar refractivity (Wildman–Crippen MR) is 74.8 cm³/mol. The van der Waals surface area contributed by atoms with E-state index in [1.165, 1.54) is 0 Å². The van der Waals surface area contributed by atoms with E-state index < -0.39 is 0 Å². The van der Waals surface area contributed by atoms with Crippen molar-refractivity contribution in [1.82, 2.24) is 14.5 Å². The summed E-state index contributed by atoms with van der Waals surface area (Å²) in [5.41, 5.74) is 0.643. The molecule has 0 saturated carbocycles. The van der Waals surface area contributed by atoms with Gasteiger partial charge in [-0.05, 0) is 12.1 Å². The highest BCUT2D eigenvalue weighted by Gasteiger charge is 2.20. The molecule has 0 N–H and O–H groups in total. The normalized spacial score (nSPS) is 14.8. The van der Waals surface area contributed by atoms with E-state index >= 15 is 0 Å². The number of benzene rings is 1. The summed E-state index contributed by atoms with van der Waals surface area (Å²) in [7, 11) is 1.59. The number of para-hydroxylation sites is 1. The molecule has 3 rings (SSSR count). The molecule has 20 heavy (non-hydrogen) atoms. The minimum Gasteiger partial charge on any atom is -0.496 e. The van der Waals surface area contributed by atoms with Crippen LogP contribution in [0.5, 0.6) is 5.75 Å². The van der Waals surface area contributed by atoms with E-state index in [0.717, 1.165) is 18.9 Å². The lowest BCUT2D eigenvalue weighted by molar-refractivity contribution is 0.0905. The lowest BCUT2D eigenvalue weighted by atomic mass is 10.1. The molecule has 0 aliphatic carbocycles. The van der Waals surface area contributed by atoms with Crippen molar-refractivity contribution in [3.63, 3.8) is 0 Å². The zero-order valence-electron chi connectivity index (χ0n) is 11.5. The van der Waals surface area contributed by atoms with Crippen LogP contribution in [0.3, 0.4) is 0 Å². The first-order valence-electron chi connectivity index (χ1n) is 6.66. The van der Waals surface area contributed by atoms with E-state index in [9.17, 15) is 4.79 Å². The molecule has 1 aromatic carbocycles. The average molecular weight is 271 g/mol. The molecule has 1 aliphatic rings. The summed E-state index contributed by atoms with van der Waals surface area (Å²) < 4.78 is 7.37. The number of hydrogen-bond acceptors (Lipinski definition) is 4. The maximum atomic E-state index is 12.4. The highest BCUT2D eigenvalue weighted by Crippen LogP contribution is 2.19. The van der Waals surface area contributed by atoms with E-state index in [0.29, 0.717) is 24.4 Å². The molecule has 0 fully saturated rings. The van der Waals surface area contributed by atoms with Gasteiger partial charge in [0.2, 0.25) is 0 Å². The Bertz CT molecular complexity index is 621. The zero-order chi connectivity index (χ0) is 13.9. The van der Waals surface area contributed by atoms with E-state index in [4.69, 9.17) is 4.74 Å². The second-order valence-corrected chi connectivity index (χ2v) is 4.87. The van der Waals surface area contributed by atoms with Crippen LogP contribution in [0.4, 0.5) is 0 Å². The fraction of sp³-hybridized carbons (Fsp3) is 0.333. The van der Waals surface area contributed by atoms with Gasteiger partial charge in [-0.15, -0.1) is 0 Å². The molecule has 0 bridgehead atoms. The number of aromatic nitrogens is 2. The molecular weight excluding hydrogens is 254 g/mol. The summed E-state index contributed by atoms with van der Waals surface area (Å²) in [5.74, 6) is 1.74. The maximum absolute atomic E-state index is 12.4. The van der Waals surface area contributed by atoms with Gasteiger partial charge in [0.1, 0.15) is 11.6 Å². The van der Waals surface area contributed by atoms with Gasteiger partial charge in [0.25, 0.3) is 0 Å². The number of imidazole rings is 1. The molecule has 0 saturated heterocycles. The van der Waals surface area contributed by atoms with Crippen LogP contribution < -0.4 is 4.74 Å². The van der Waals surface area contributed by atoms with Gasteiger partial charge in [-0.25, -0.2) is 4.98 Å². The Morgan fingerprint density at radius 2 is 2.20 bits per heavy atom. The van der Waals surface area contributed by atoms with E-state index in [1.54, 1.807) is 13.3 Å². The lowest BCUT2D eigenvalue weighted by Crippen LogP contribution is -2.37. The van der Waals surface area contributed by atoms with E-state index in [-0.39, 0.29) is 5.78 Å². The van der Waals surface area contributed by atoms with Crippen molar-refractivity contribution >= 4 is 5.78 Å². The first-order valence-corrected chi connectivity index (χ1v) is 6.66. The Balaban J connectivity index is 1.71. The first kappa shape index (κ1) is 12.9. The van der Waals surface area contributed by atoms with Crippen LogP contribution >= 0.6 is 0 Å². The molecule has 5 nitrogen and oxygen atoms in total. The molecule has 1 aliphatic heterocycles. The quantitative estimate of drug-likeness (QED) is 0.792. The Kier molecular flexibility index (Phi) is 3.52. The van der Waals surface area contributed by atoms with Crippen molar-refractivity contribution in [2.75, 3.05) is 20.2 Å². The standard InChI is InChI=1S/C15H17N3O2/c1-20-14-5-3-2-4-12(14)13(19)10-17-8-9-18-7-6-16-15(18)11-17/h2-7H,8-11H2,1H3. The number of Topliss-reactive ketones (excluding diaryl/α,β-unsaturated/α-hetero) is 1. The van der Waals surface area contributed by atoms with Crippen LogP contribution in [0.15, 0.2) is 36.7 Å². The fourth-order valence-electron chi connectivity index (χ4n) is 2.52. The van der Waals surface area contributed by atoms with Gasteiger partial charge >= 0.3 is 0 Å². The number of fused-ring (bicyclic) bond motifs is 1. The number of rotatable bonds is 4. The van der Waals surface area contributed by atoms with Crippen LogP contribution in [-0.4, -0.2) is 40.4 Å². The third kappa shape index (κ3) is 2.44. The second-order valence-electron chi connectivity index (χ2n) is 4.87. The van der Waals surface area contributed by atoms with Gasteiger partial charge in [-0.3, -0.25) is 9.69 Å². The third-order valence-corrected chi connectivity index (χ3v) is 3.60. The Labute approximate surface area is 117 Å². The van der Waals surface area contributed by atoms with Crippen LogP contribution in [0.1, 0.15) is 16.2 Å². The van der Waals surface area contributed by atoms with Crippen molar-refractivity contribution in [3.05, 3.63) is 48.0 Å². The molecule has 0 spiro atoms. The summed E-state index contributed by atoms with van der Waals surface area (Å²) in [6.45, 7) is 2.86. The molecule has 2 aromatic rings. The summed E-state index contributed by atoms with van der Waals surface area (Å²) >= 11 is 0. The maximum Gasteiger partial charge on any atom is 0.180 e.